The fourth-order valence-corrected chi connectivity index (χ4v) is 4.89. The van der Waals surface area contributed by atoms with Gasteiger partial charge in [-0.1, -0.05) is 35.5 Å². The summed E-state index contributed by atoms with van der Waals surface area (Å²) in [5.41, 5.74) is 1.11. The van der Waals surface area contributed by atoms with Crippen LogP contribution in [-0.2, 0) is 16.1 Å². The van der Waals surface area contributed by atoms with E-state index in [1.165, 1.54) is 23.9 Å². The van der Waals surface area contributed by atoms with E-state index in [2.05, 4.69) is 10.3 Å². The number of aromatic nitrogens is 2. The highest BCUT2D eigenvalue weighted by Crippen LogP contribution is 2.26. The van der Waals surface area contributed by atoms with Crippen molar-refractivity contribution in [2.45, 2.75) is 55.8 Å². The third-order valence-electron chi connectivity index (χ3n) is 5.67. The minimum absolute atomic E-state index is 0.0590. The second kappa shape index (κ2) is 10.2. The van der Waals surface area contributed by atoms with Crippen molar-refractivity contribution < 1.29 is 13.9 Å². The zero-order valence-corrected chi connectivity index (χ0v) is 20.0. The Morgan fingerprint density at radius 2 is 2.06 bits per heavy atom. The highest BCUT2D eigenvalue weighted by atomic mass is 35.5. The van der Waals surface area contributed by atoms with Crippen molar-refractivity contribution in [1.82, 2.24) is 14.9 Å². The Bertz CT molecular complexity index is 1210. The molecular weight excluding hydrogens is 465 g/mol. The summed E-state index contributed by atoms with van der Waals surface area (Å²) in [5.74, 6) is -0.533. The lowest BCUT2D eigenvalue weighted by atomic mass is 10.1. The van der Waals surface area contributed by atoms with E-state index in [0.29, 0.717) is 34.2 Å². The molecule has 33 heavy (non-hydrogen) atoms. The summed E-state index contributed by atoms with van der Waals surface area (Å²) in [6.07, 6.45) is 1.77. The van der Waals surface area contributed by atoms with Gasteiger partial charge in [0.1, 0.15) is 5.82 Å². The molecule has 1 aliphatic rings. The lowest BCUT2D eigenvalue weighted by molar-refractivity contribution is -0.120. The van der Waals surface area contributed by atoms with Gasteiger partial charge in [0.15, 0.2) is 5.16 Å². The number of rotatable bonds is 7. The quantitative estimate of drug-likeness (QED) is 0.384. The fraction of sp³-hybridized carbons (Fsp3) is 0.375. The first-order valence-corrected chi connectivity index (χ1v) is 12.1. The summed E-state index contributed by atoms with van der Waals surface area (Å²) in [4.78, 5) is 30.8. The van der Waals surface area contributed by atoms with E-state index < -0.39 is 5.25 Å². The number of nitrogens with zero attached hydrogens (tertiary/aromatic N) is 2. The summed E-state index contributed by atoms with van der Waals surface area (Å²) in [6.45, 7) is 4.67. The first-order chi connectivity index (χ1) is 15.8. The molecule has 1 fully saturated rings. The topological polar surface area (TPSA) is 73.2 Å². The maximum Gasteiger partial charge on any atom is 0.262 e. The number of ether oxygens (including phenoxy) is 1. The van der Waals surface area contributed by atoms with Crippen molar-refractivity contribution in [1.29, 1.82) is 0 Å². The van der Waals surface area contributed by atoms with Gasteiger partial charge in [-0.25, -0.2) is 9.37 Å². The van der Waals surface area contributed by atoms with E-state index in [-0.39, 0.29) is 29.4 Å². The zero-order valence-electron chi connectivity index (χ0n) is 18.4. The van der Waals surface area contributed by atoms with Gasteiger partial charge in [0.25, 0.3) is 5.56 Å². The van der Waals surface area contributed by atoms with Gasteiger partial charge in [-0.2, -0.15) is 0 Å². The Kier molecular flexibility index (Phi) is 7.36. The number of carbonyl (C=O) groups is 1. The van der Waals surface area contributed by atoms with Crippen LogP contribution in [-0.4, -0.2) is 33.4 Å². The van der Waals surface area contributed by atoms with Crippen LogP contribution < -0.4 is 10.9 Å². The van der Waals surface area contributed by atoms with Gasteiger partial charge in [0.2, 0.25) is 5.91 Å². The Morgan fingerprint density at radius 3 is 2.76 bits per heavy atom. The molecule has 0 aliphatic carbocycles. The molecule has 1 aromatic heterocycles. The normalized spacial score (nSPS) is 17.8. The van der Waals surface area contributed by atoms with Crippen molar-refractivity contribution >= 4 is 40.2 Å². The van der Waals surface area contributed by atoms with Gasteiger partial charge in [-0.3, -0.25) is 14.2 Å². The summed E-state index contributed by atoms with van der Waals surface area (Å²) in [7, 11) is 0. The fourth-order valence-electron chi connectivity index (χ4n) is 3.79. The molecule has 2 aromatic carbocycles. The largest absolute Gasteiger partial charge is 0.376 e. The van der Waals surface area contributed by atoms with Gasteiger partial charge >= 0.3 is 0 Å². The van der Waals surface area contributed by atoms with E-state index in [1.807, 2.05) is 6.92 Å². The SMILES string of the molecule is CC(Sc1nc2cc(Cl)ccc2c(=O)n1CC1CCCO1)C(=O)NC(C)c1ccc(F)cc1. The lowest BCUT2D eigenvalue weighted by Crippen LogP contribution is -2.34. The van der Waals surface area contributed by atoms with E-state index in [0.717, 1.165) is 18.4 Å². The van der Waals surface area contributed by atoms with Gasteiger partial charge in [0, 0.05) is 11.6 Å². The maximum absolute atomic E-state index is 13.3. The molecular formula is C24H25ClFN3O3S. The van der Waals surface area contributed by atoms with Crippen LogP contribution in [0.2, 0.25) is 5.02 Å². The zero-order chi connectivity index (χ0) is 23.5. The molecule has 1 amide bonds. The second-order valence-electron chi connectivity index (χ2n) is 8.15. The number of fused-ring (bicyclic) bond motifs is 1. The second-order valence-corrected chi connectivity index (χ2v) is 9.89. The van der Waals surface area contributed by atoms with Crippen LogP contribution in [0.1, 0.15) is 38.3 Å². The molecule has 3 atom stereocenters. The Hall–Kier alpha value is -2.42. The van der Waals surface area contributed by atoms with Crippen LogP contribution in [0.4, 0.5) is 4.39 Å². The van der Waals surface area contributed by atoms with Crippen LogP contribution in [0.25, 0.3) is 10.9 Å². The van der Waals surface area contributed by atoms with Crippen molar-refractivity contribution in [2.75, 3.05) is 6.61 Å². The highest BCUT2D eigenvalue weighted by molar-refractivity contribution is 8.00. The van der Waals surface area contributed by atoms with E-state index >= 15 is 0 Å². The molecule has 3 unspecified atom stereocenters. The maximum atomic E-state index is 13.3. The van der Waals surface area contributed by atoms with Crippen molar-refractivity contribution in [3.8, 4) is 0 Å². The average molecular weight is 490 g/mol. The molecule has 1 N–H and O–H groups in total. The molecule has 3 aromatic rings. The van der Waals surface area contributed by atoms with E-state index in [1.54, 1.807) is 41.8 Å². The Morgan fingerprint density at radius 1 is 1.30 bits per heavy atom. The van der Waals surface area contributed by atoms with Crippen LogP contribution >= 0.6 is 23.4 Å². The predicted molar refractivity (Wildman–Crippen MR) is 128 cm³/mol. The van der Waals surface area contributed by atoms with Gasteiger partial charge in [-0.15, -0.1) is 0 Å². The molecule has 1 saturated heterocycles. The molecule has 0 saturated carbocycles. The number of nitrogens with one attached hydrogen (secondary N) is 1. The van der Waals surface area contributed by atoms with Crippen LogP contribution in [0.3, 0.4) is 0 Å². The van der Waals surface area contributed by atoms with Gasteiger partial charge < -0.3 is 10.1 Å². The van der Waals surface area contributed by atoms with E-state index in [4.69, 9.17) is 16.3 Å². The molecule has 1 aliphatic heterocycles. The molecule has 9 heteroatoms. The van der Waals surface area contributed by atoms with Crippen molar-refractivity contribution in [2.24, 2.45) is 0 Å². The standard InChI is InChI=1S/C24H25ClFN3O3S/c1-14(16-5-8-18(26)9-6-16)27-22(30)15(2)33-24-28-21-12-17(25)7-10-20(21)23(31)29(24)13-19-4-3-11-32-19/h5-10,12,14-15,19H,3-4,11,13H2,1-2H3,(H,27,30). The summed E-state index contributed by atoms with van der Waals surface area (Å²) >= 11 is 7.34. The number of benzene rings is 2. The number of halogens is 2. The number of hydrogen-bond acceptors (Lipinski definition) is 5. The van der Waals surface area contributed by atoms with Crippen LogP contribution in [0.15, 0.2) is 52.4 Å². The lowest BCUT2D eigenvalue weighted by Gasteiger charge is -2.20. The molecule has 174 valence electrons. The molecule has 4 rings (SSSR count). The molecule has 0 bridgehead atoms. The van der Waals surface area contributed by atoms with Gasteiger partial charge in [0.05, 0.1) is 34.8 Å². The number of amides is 1. The predicted octanol–water partition coefficient (Wildman–Crippen LogP) is 4.73. The first-order valence-electron chi connectivity index (χ1n) is 10.9. The summed E-state index contributed by atoms with van der Waals surface area (Å²) in [5, 5.41) is 3.83. The minimum atomic E-state index is -0.521. The highest BCUT2D eigenvalue weighted by Gasteiger charge is 2.24. The Balaban J connectivity index is 1.58. The Labute approximate surface area is 200 Å². The summed E-state index contributed by atoms with van der Waals surface area (Å²) < 4.78 is 20.5. The average Bonchev–Trinajstić information content (AvgIpc) is 3.30. The molecule has 0 radical (unpaired) electrons. The molecule has 6 nitrogen and oxygen atoms in total. The molecule has 0 spiro atoms. The third-order valence-corrected chi connectivity index (χ3v) is 7.00. The number of hydrogen-bond donors (Lipinski definition) is 1. The van der Waals surface area contributed by atoms with Crippen LogP contribution in [0.5, 0.6) is 0 Å². The first kappa shape index (κ1) is 23.7. The third kappa shape index (κ3) is 5.57. The number of thioether (sulfide) groups is 1. The van der Waals surface area contributed by atoms with Crippen molar-refractivity contribution in [3.05, 3.63) is 69.2 Å². The minimum Gasteiger partial charge on any atom is -0.376 e. The molecule has 2 heterocycles. The van der Waals surface area contributed by atoms with Crippen molar-refractivity contribution in [3.63, 3.8) is 0 Å². The van der Waals surface area contributed by atoms with E-state index in [9.17, 15) is 14.0 Å². The monoisotopic (exact) mass is 489 g/mol. The number of carbonyl (C=O) groups excluding carboxylic acids is 1. The van der Waals surface area contributed by atoms with Crippen LogP contribution in [0, 0.1) is 5.82 Å². The summed E-state index contributed by atoms with van der Waals surface area (Å²) in [6, 6.07) is 10.7. The smallest absolute Gasteiger partial charge is 0.262 e. The van der Waals surface area contributed by atoms with Gasteiger partial charge in [-0.05, 0) is 62.6 Å².